The molecule has 0 N–H and O–H groups in total. The van der Waals surface area contributed by atoms with Crippen LogP contribution in [0.1, 0.15) is 0 Å². The van der Waals surface area contributed by atoms with E-state index < -0.39 is 0 Å². The van der Waals surface area contributed by atoms with Gasteiger partial charge < -0.3 is 0 Å². The van der Waals surface area contributed by atoms with E-state index in [1.807, 2.05) is 12.1 Å². The zero-order valence-corrected chi connectivity index (χ0v) is 11.7. The molecule has 92 valence electrons. The molecule has 1 heteroatoms. The van der Waals surface area contributed by atoms with Crippen LogP contribution in [0, 0.1) is 0 Å². The molecule has 0 bridgehead atoms. The molecule has 0 aliphatic rings. The molecule has 3 aromatic rings. The molecule has 0 radical (unpaired) electrons. The summed E-state index contributed by atoms with van der Waals surface area (Å²) in [4.78, 5) is 0. The Morgan fingerprint density at radius 1 is 0.474 bits per heavy atom. The Kier molecular flexibility index (Phi) is 3.44. The maximum atomic E-state index is 2.80. The average molecular weight is 262 g/mol. The van der Waals surface area contributed by atoms with Crippen molar-refractivity contribution in [2.45, 2.75) is 0 Å². The molecule has 3 aromatic carbocycles. The van der Waals surface area contributed by atoms with Crippen molar-refractivity contribution < 1.29 is 0 Å². The Balaban J connectivity index is 2.12. The molecule has 1 atom stereocenters. The molecule has 3 rings (SSSR count). The third-order valence-corrected chi connectivity index (χ3v) is 3.50. The topological polar surface area (TPSA) is 0 Å². The van der Waals surface area contributed by atoms with Crippen molar-refractivity contribution in [3.63, 3.8) is 0 Å². The highest BCUT2D eigenvalue weighted by Gasteiger charge is 2.03. The summed E-state index contributed by atoms with van der Waals surface area (Å²) in [7, 11) is 2.80. The van der Waals surface area contributed by atoms with Gasteiger partial charge in [0.15, 0.2) is 0 Å². The molecular weight excluding hydrogens is 247 g/mol. The van der Waals surface area contributed by atoms with Gasteiger partial charge in [-0.2, -0.15) is 0 Å². The number of hydrogen-bond acceptors (Lipinski definition) is 0. The molecule has 0 aliphatic carbocycles. The second-order valence-electron chi connectivity index (χ2n) is 4.58. The van der Waals surface area contributed by atoms with Gasteiger partial charge >= 0.3 is 0 Å². The monoisotopic (exact) mass is 262 g/mol. The van der Waals surface area contributed by atoms with Crippen molar-refractivity contribution in [1.82, 2.24) is 0 Å². The number of hydrogen-bond donors (Lipinski definition) is 0. The van der Waals surface area contributed by atoms with Gasteiger partial charge in [0.1, 0.15) is 0 Å². The SMILES string of the molecule is Pc1cc(-c2ccccc2)cc(-c2ccccc2)c1. The van der Waals surface area contributed by atoms with E-state index in [0.717, 1.165) is 0 Å². The largest absolute Gasteiger partial charge is 0.106 e. The molecule has 0 aromatic heterocycles. The first-order valence-electron chi connectivity index (χ1n) is 6.34. The molecule has 19 heavy (non-hydrogen) atoms. The second-order valence-corrected chi connectivity index (χ2v) is 5.24. The molecule has 0 spiro atoms. The van der Waals surface area contributed by atoms with Gasteiger partial charge in [-0.3, -0.25) is 0 Å². The average Bonchev–Trinajstić information content (AvgIpc) is 2.48. The van der Waals surface area contributed by atoms with Gasteiger partial charge in [0.2, 0.25) is 0 Å². The van der Waals surface area contributed by atoms with Gasteiger partial charge in [-0.1, -0.05) is 60.7 Å². The molecule has 0 saturated carbocycles. The zero-order valence-electron chi connectivity index (χ0n) is 10.6. The lowest BCUT2D eigenvalue weighted by atomic mass is 9.99. The van der Waals surface area contributed by atoms with E-state index in [0.29, 0.717) is 0 Å². The van der Waals surface area contributed by atoms with E-state index in [-0.39, 0.29) is 0 Å². The lowest BCUT2D eigenvalue weighted by molar-refractivity contribution is 1.61. The minimum absolute atomic E-state index is 1.21. The van der Waals surface area contributed by atoms with E-state index in [9.17, 15) is 0 Å². The van der Waals surface area contributed by atoms with Crippen LogP contribution in [0.5, 0.6) is 0 Å². The Morgan fingerprint density at radius 2 is 0.895 bits per heavy atom. The van der Waals surface area contributed by atoms with Crippen molar-refractivity contribution in [1.29, 1.82) is 0 Å². The molecule has 0 aliphatic heterocycles. The maximum Gasteiger partial charge on any atom is -0.0172 e. The van der Waals surface area contributed by atoms with Crippen LogP contribution in [-0.4, -0.2) is 0 Å². The van der Waals surface area contributed by atoms with Crippen molar-refractivity contribution in [3.8, 4) is 22.3 Å². The van der Waals surface area contributed by atoms with Crippen LogP contribution in [0.2, 0.25) is 0 Å². The fourth-order valence-corrected chi connectivity index (χ4v) is 2.61. The lowest BCUT2D eigenvalue weighted by Crippen LogP contribution is -1.93. The third kappa shape index (κ3) is 2.75. The summed E-state index contributed by atoms with van der Waals surface area (Å²) in [6.45, 7) is 0. The molecular formula is C18H15P. The van der Waals surface area contributed by atoms with Gasteiger partial charge in [-0.15, -0.1) is 9.24 Å². The highest BCUT2D eigenvalue weighted by Crippen LogP contribution is 2.25. The highest BCUT2D eigenvalue weighted by atomic mass is 31.0. The Labute approximate surface area is 116 Å². The quantitative estimate of drug-likeness (QED) is 0.596. The van der Waals surface area contributed by atoms with Crippen molar-refractivity contribution in [3.05, 3.63) is 78.9 Å². The molecule has 0 fully saturated rings. The van der Waals surface area contributed by atoms with Crippen LogP contribution in [-0.2, 0) is 0 Å². The standard InChI is InChI=1S/C18H15P/c19-18-12-16(14-7-3-1-4-8-14)11-17(13-18)15-9-5-2-6-10-15/h1-13H,19H2. The van der Waals surface area contributed by atoms with E-state index >= 15 is 0 Å². The van der Waals surface area contributed by atoms with Gasteiger partial charge in [0, 0.05) is 0 Å². The molecule has 0 nitrogen and oxygen atoms in total. The summed E-state index contributed by atoms with van der Waals surface area (Å²) in [5.74, 6) is 0. The van der Waals surface area contributed by atoms with Crippen LogP contribution < -0.4 is 5.30 Å². The third-order valence-electron chi connectivity index (χ3n) is 3.17. The van der Waals surface area contributed by atoms with E-state index in [4.69, 9.17) is 0 Å². The van der Waals surface area contributed by atoms with Gasteiger partial charge in [-0.25, -0.2) is 0 Å². The molecule has 1 unspecified atom stereocenters. The van der Waals surface area contributed by atoms with Gasteiger partial charge in [0.25, 0.3) is 0 Å². The fraction of sp³-hybridized carbons (Fsp3) is 0. The van der Waals surface area contributed by atoms with Crippen LogP contribution in [0.4, 0.5) is 0 Å². The highest BCUT2D eigenvalue weighted by molar-refractivity contribution is 7.27. The smallest absolute Gasteiger partial charge is 0.0172 e. The first-order valence-corrected chi connectivity index (χ1v) is 6.92. The van der Waals surface area contributed by atoms with Gasteiger partial charge in [0.05, 0.1) is 0 Å². The van der Waals surface area contributed by atoms with Gasteiger partial charge in [-0.05, 0) is 45.8 Å². The minimum Gasteiger partial charge on any atom is -0.106 e. The van der Waals surface area contributed by atoms with E-state index in [1.165, 1.54) is 27.6 Å². The Hall–Kier alpha value is -1.91. The van der Waals surface area contributed by atoms with E-state index in [2.05, 4.69) is 76.0 Å². The first kappa shape index (κ1) is 12.1. The summed E-state index contributed by atoms with van der Waals surface area (Å²) >= 11 is 0. The molecule has 0 heterocycles. The number of rotatable bonds is 2. The Morgan fingerprint density at radius 3 is 1.32 bits per heavy atom. The molecule has 0 amide bonds. The van der Waals surface area contributed by atoms with Crippen LogP contribution >= 0.6 is 9.24 Å². The maximum absolute atomic E-state index is 2.80. The molecule has 0 saturated heterocycles. The summed E-state index contributed by atoms with van der Waals surface area (Å²) in [5.41, 5.74) is 5.02. The van der Waals surface area contributed by atoms with Crippen molar-refractivity contribution in [2.75, 3.05) is 0 Å². The lowest BCUT2D eigenvalue weighted by Gasteiger charge is -2.08. The normalized spacial score (nSPS) is 10.4. The number of benzene rings is 3. The summed E-state index contributed by atoms with van der Waals surface area (Å²) < 4.78 is 0. The van der Waals surface area contributed by atoms with Crippen LogP contribution in [0.25, 0.3) is 22.3 Å². The fourth-order valence-electron chi connectivity index (χ4n) is 2.25. The van der Waals surface area contributed by atoms with Crippen molar-refractivity contribution >= 4 is 14.5 Å². The predicted molar refractivity (Wildman–Crippen MR) is 86.7 cm³/mol. The zero-order chi connectivity index (χ0) is 13.1. The van der Waals surface area contributed by atoms with Crippen LogP contribution in [0.15, 0.2) is 78.9 Å². The van der Waals surface area contributed by atoms with E-state index in [1.54, 1.807) is 0 Å². The summed E-state index contributed by atoms with van der Waals surface area (Å²) in [6, 6.07) is 27.6. The minimum atomic E-state index is 1.21. The van der Waals surface area contributed by atoms with Crippen LogP contribution in [0.3, 0.4) is 0 Å². The first-order chi connectivity index (χ1) is 9.33. The summed E-state index contributed by atoms with van der Waals surface area (Å²) in [6.07, 6.45) is 0. The second kappa shape index (κ2) is 5.38. The predicted octanol–water partition coefficient (Wildman–Crippen LogP) is 4.52. The summed E-state index contributed by atoms with van der Waals surface area (Å²) in [5, 5.41) is 1.21. The van der Waals surface area contributed by atoms with Crippen molar-refractivity contribution in [2.24, 2.45) is 0 Å². The Bertz CT molecular complexity index is 615.